The standard InChI is InChI=1S/C13H20N4O2/c18-13(19)8-10-4-3-6-16(10)9-12-15-14-11-5-1-2-7-17(11)12/h10H,1-9H2,(H,18,19). The molecule has 104 valence electrons. The molecule has 1 unspecified atom stereocenters. The van der Waals surface area contributed by atoms with Gasteiger partial charge in [0.15, 0.2) is 0 Å². The molecule has 0 bridgehead atoms. The second-order valence-corrected chi connectivity index (χ2v) is 5.51. The zero-order valence-electron chi connectivity index (χ0n) is 11.1. The summed E-state index contributed by atoms with van der Waals surface area (Å²) in [6.07, 6.45) is 5.71. The maximum absolute atomic E-state index is 10.9. The van der Waals surface area contributed by atoms with Crippen molar-refractivity contribution in [2.75, 3.05) is 6.54 Å². The van der Waals surface area contributed by atoms with Crippen LogP contribution >= 0.6 is 0 Å². The van der Waals surface area contributed by atoms with Crippen LogP contribution in [0, 0.1) is 0 Å². The van der Waals surface area contributed by atoms with E-state index in [0.29, 0.717) is 0 Å². The molecule has 1 atom stereocenters. The van der Waals surface area contributed by atoms with Gasteiger partial charge >= 0.3 is 5.97 Å². The van der Waals surface area contributed by atoms with Gasteiger partial charge in [0.25, 0.3) is 0 Å². The van der Waals surface area contributed by atoms with Crippen LogP contribution in [-0.4, -0.2) is 43.3 Å². The summed E-state index contributed by atoms with van der Waals surface area (Å²) in [4.78, 5) is 13.1. The first-order chi connectivity index (χ1) is 9.24. The predicted octanol–water partition coefficient (Wildman–Crippen LogP) is 1.05. The molecule has 2 aliphatic rings. The van der Waals surface area contributed by atoms with E-state index in [0.717, 1.165) is 50.5 Å². The van der Waals surface area contributed by atoms with Crippen LogP contribution in [0.4, 0.5) is 0 Å². The molecule has 6 heteroatoms. The topological polar surface area (TPSA) is 71.2 Å². The van der Waals surface area contributed by atoms with Gasteiger partial charge in [-0.3, -0.25) is 9.69 Å². The van der Waals surface area contributed by atoms with E-state index >= 15 is 0 Å². The monoisotopic (exact) mass is 264 g/mol. The van der Waals surface area contributed by atoms with E-state index in [1.54, 1.807) is 0 Å². The number of hydrogen-bond donors (Lipinski definition) is 1. The second kappa shape index (κ2) is 5.28. The Hall–Kier alpha value is -1.43. The Morgan fingerprint density at radius 2 is 2.16 bits per heavy atom. The minimum atomic E-state index is -0.708. The summed E-state index contributed by atoms with van der Waals surface area (Å²) in [5.41, 5.74) is 0. The minimum Gasteiger partial charge on any atom is -0.481 e. The Labute approximate surface area is 112 Å². The highest BCUT2D eigenvalue weighted by atomic mass is 16.4. The number of hydrogen-bond acceptors (Lipinski definition) is 4. The molecule has 3 rings (SSSR count). The van der Waals surface area contributed by atoms with E-state index in [1.807, 2.05) is 0 Å². The number of carbonyl (C=O) groups is 1. The van der Waals surface area contributed by atoms with E-state index in [2.05, 4.69) is 19.7 Å². The van der Waals surface area contributed by atoms with Crippen LogP contribution in [0.25, 0.3) is 0 Å². The van der Waals surface area contributed by atoms with Crippen LogP contribution in [0.3, 0.4) is 0 Å². The largest absolute Gasteiger partial charge is 0.481 e. The highest BCUT2D eigenvalue weighted by molar-refractivity contribution is 5.67. The van der Waals surface area contributed by atoms with Gasteiger partial charge in [0.1, 0.15) is 11.6 Å². The lowest BCUT2D eigenvalue weighted by Gasteiger charge is -2.23. The Balaban J connectivity index is 1.70. The average molecular weight is 264 g/mol. The maximum Gasteiger partial charge on any atom is 0.304 e. The molecule has 3 heterocycles. The number of aromatic nitrogens is 3. The van der Waals surface area contributed by atoms with E-state index in [4.69, 9.17) is 5.11 Å². The van der Waals surface area contributed by atoms with Gasteiger partial charge in [-0.05, 0) is 32.2 Å². The fourth-order valence-corrected chi connectivity index (χ4v) is 3.20. The second-order valence-electron chi connectivity index (χ2n) is 5.51. The SMILES string of the molecule is O=C(O)CC1CCCN1Cc1nnc2n1CCCC2. The van der Waals surface area contributed by atoms with Crippen LogP contribution < -0.4 is 0 Å². The summed E-state index contributed by atoms with van der Waals surface area (Å²) in [5, 5.41) is 17.5. The molecule has 19 heavy (non-hydrogen) atoms. The molecule has 1 fully saturated rings. The van der Waals surface area contributed by atoms with Crippen LogP contribution in [-0.2, 0) is 24.3 Å². The van der Waals surface area contributed by atoms with Crippen molar-refractivity contribution in [2.45, 2.75) is 57.7 Å². The van der Waals surface area contributed by atoms with Crippen molar-refractivity contribution < 1.29 is 9.90 Å². The molecule has 0 saturated carbocycles. The number of carboxylic acid groups (broad SMARTS) is 1. The maximum atomic E-state index is 10.9. The minimum absolute atomic E-state index is 0.161. The van der Waals surface area contributed by atoms with Gasteiger partial charge in [-0.2, -0.15) is 0 Å². The molecule has 1 saturated heterocycles. The smallest absolute Gasteiger partial charge is 0.304 e. The third kappa shape index (κ3) is 2.63. The van der Waals surface area contributed by atoms with Crippen LogP contribution in [0.2, 0.25) is 0 Å². The zero-order valence-corrected chi connectivity index (χ0v) is 11.1. The normalized spacial score (nSPS) is 23.5. The van der Waals surface area contributed by atoms with Crippen molar-refractivity contribution in [3.8, 4) is 0 Å². The van der Waals surface area contributed by atoms with E-state index in [-0.39, 0.29) is 12.5 Å². The fourth-order valence-electron chi connectivity index (χ4n) is 3.20. The molecule has 0 aromatic carbocycles. The predicted molar refractivity (Wildman–Crippen MR) is 68.6 cm³/mol. The first kappa shape index (κ1) is 12.6. The summed E-state index contributed by atoms with van der Waals surface area (Å²) < 4.78 is 2.22. The first-order valence-electron chi connectivity index (χ1n) is 7.11. The first-order valence-corrected chi connectivity index (χ1v) is 7.11. The average Bonchev–Trinajstić information content (AvgIpc) is 2.98. The van der Waals surface area contributed by atoms with Gasteiger partial charge in [0, 0.05) is 19.0 Å². The van der Waals surface area contributed by atoms with Crippen molar-refractivity contribution in [1.29, 1.82) is 0 Å². The Morgan fingerprint density at radius 1 is 1.26 bits per heavy atom. The third-order valence-electron chi connectivity index (χ3n) is 4.19. The van der Waals surface area contributed by atoms with Crippen molar-refractivity contribution in [2.24, 2.45) is 0 Å². The van der Waals surface area contributed by atoms with Gasteiger partial charge in [-0.25, -0.2) is 0 Å². The quantitative estimate of drug-likeness (QED) is 0.880. The summed E-state index contributed by atoms with van der Waals surface area (Å²) in [7, 11) is 0. The molecule has 0 radical (unpaired) electrons. The van der Waals surface area contributed by atoms with Crippen molar-refractivity contribution in [3.05, 3.63) is 11.6 Å². The van der Waals surface area contributed by atoms with Crippen LogP contribution in [0.5, 0.6) is 0 Å². The Kier molecular flexibility index (Phi) is 3.50. The van der Waals surface area contributed by atoms with Gasteiger partial charge in [-0.15, -0.1) is 10.2 Å². The lowest BCUT2D eigenvalue weighted by Crippen LogP contribution is -2.32. The Morgan fingerprint density at radius 3 is 3.00 bits per heavy atom. The highest BCUT2D eigenvalue weighted by Crippen LogP contribution is 2.23. The third-order valence-corrected chi connectivity index (χ3v) is 4.19. The van der Waals surface area contributed by atoms with Crippen molar-refractivity contribution >= 4 is 5.97 Å². The summed E-state index contributed by atoms with van der Waals surface area (Å²) in [6.45, 7) is 2.72. The number of likely N-dealkylation sites (tertiary alicyclic amines) is 1. The molecular formula is C13H20N4O2. The molecule has 1 N–H and O–H groups in total. The molecule has 2 aliphatic heterocycles. The molecular weight excluding hydrogens is 244 g/mol. The Bertz CT molecular complexity index is 471. The number of fused-ring (bicyclic) bond motifs is 1. The van der Waals surface area contributed by atoms with Gasteiger partial charge in [-0.1, -0.05) is 0 Å². The molecule has 0 aliphatic carbocycles. The lowest BCUT2D eigenvalue weighted by molar-refractivity contribution is -0.138. The van der Waals surface area contributed by atoms with Gasteiger partial charge in [0.05, 0.1) is 13.0 Å². The number of aliphatic carboxylic acids is 1. The van der Waals surface area contributed by atoms with Crippen molar-refractivity contribution in [1.82, 2.24) is 19.7 Å². The number of carboxylic acids is 1. The van der Waals surface area contributed by atoms with E-state index < -0.39 is 5.97 Å². The number of aryl methyl sites for hydroxylation is 1. The summed E-state index contributed by atoms with van der Waals surface area (Å²) in [5.74, 6) is 1.39. The summed E-state index contributed by atoms with van der Waals surface area (Å²) >= 11 is 0. The fraction of sp³-hybridized carbons (Fsp3) is 0.769. The molecule has 0 amide bonds. The van der Waals surface area contributed by atoms with E-state index in [1.165, 1.54) is 12.8 Å². The molecule has 6 nitrogen and oxygen atoms in total. The number of nitrogens with zero attached hydrogens (tertiary/aromatic N) is 4. The molecule has 1 aromatic rings. The number of rotatable bonds is 4. The van der Waals surface area contributed by atoms with Gasteiger partial charge in [0.2, 0.25) is 0 Å². The highest BCUT2D eigenvalue weighted by Gasteiger charge is 2.28. The zero-order chi connectivity index (χ0) is 13.2. The van der Waals surface area contributed by atoms with Crippen LogP contribution in [0.1, 0.15) is 43.8 Å². The van der Waals surface area contributed by atoms with Crippen LogP contribution in [0.15, 0.2) is 0 Å². The van der Waals surface area contributed by atoms with E-state index in [9.17, 15) is 4.79 Å². The molecule has 0 spiro atoms. The van der Waals surface area contributed by atoms with Gasteiger partial charge < -0.3 is 9.67 Å². The summed E-state index contributed by atoms with van der Waals surface area (Å²) in [6, 6.07) is 0.161. The lowest BCUT2D eigenvalue weighted by atomic mass is 10.1. The van der Waals surface area contributed by atoms with Crippen molar-refractivity contribution in [3.63, 3.8) is 0 Å². The molecule has 1 aromatic heterocycles.